The predicted octanol–water partition coefficient (Wildman–Crippen LogP) is 1.23. The molecule has 2 aliphatic heterocycles. The molecule has 2 amide bonds. The van der Waals surface area contributed by atoms with Crippen LogP contribution in [0.25, 0.3) is 0 Å². The van der Waals surface area contributed by atoms with Crippen LogP contribution in [-0.2, 0) is 4.79 Å². The second kappa shape index (κ2) is 11.3. The molecule has 2 saturated heterocycles. The van der Waals surface area contributed by atoms with E-state index in [1.807, 2.05) is 47.4 Å². The van der Waals surface area contributed by atoms with Crippen molar-refractivity contribution in [2.24, 2.45) is 11.8 Å². The zero-order chi connectivity index (χ0) is 23.9. The third-order valence-corrected chi connectivity index (χ3v) is 7.16. The maximum atomic E-state index is 13.2. The van der Waals surface area contributed by atoms with Crippen LogP contribution in [0, 0.1) is 17.7 Å². The molecule has 2 heterocycles. The number of nitrogens with one attached hydrogen (secondary N) is 2. The standard InChI is InChI=1S/C26H33FN4O3/c27-22-6-8-24(9-7-22)30-16-14-29(15-17-30)12-10-21-19-31(13-11-20(21)18-25(32)33)26(34)28-23-4-2-1-3-5-23/h1-9,20-21H,10-19H2,(H,28,34)(H,32,33)/t20-,21-/m0/s1. The summed E-state index contributed by atoms with van der Waals surface area (Å²) in [6, 6.07) is 15.9. The van der Waals surface area contributed by atoms with E-state index < -0.39 is 5.97 Å². The fourth-order valence-corrected chi connectivity index (χ4v) is 5.17. The number of anilines is 2. The molecule has 0 aliphatic carbocycles. The highest BCUT2D eigenvalue weighted by Crippen LogP contribution is 2.29. The highest BCUT2D eigenvalue weighted by Gasteiger charge is 2.33. The van der Waals surface area contributed by atoms with Crippen LogP contribution < -0.4 is 20.2 Å². The van der Waals surface area contributed by atoms with E-state index in [1.165, 1.54) is 17.0 Å². The fourth-order valence-electron chi connectivity index (χ4n) is 5.17. The number of benzene rings is 2. The van der Waals surface area contributed by atoms with Gasteiger partial charge in [0, 0.05) is 36.9 Å². The molecule has 2 aromatic carbocycles. The van der Waals surface area contributed by atoms with Gasteiger partial charge in [0.1, 0.15) is 5.82 Å². The van der Waals surface area contributed by atoms with Crippen LogP contribution in [0.1, 0.15) is 19.3 Å². The minimum atomic E-state index is -1.02. The van der Waals surface area contributed by atoms with E-state index in [0.717, 1.165) is 50.5 Å². The second-order valence-electron chi connectivity index (χ2n) is 9.38. The van der Waals surface area contributed by atoms with Crippen molar-refractivity contribution in [3.63, 3.8) is 0 Å². The van der Waals surface area contributed by atoms with Gasteiger partial charge in [-0.25, -0.2) is 9.18 Å². The van der Waals surface area contributed by atoms with E-state index in [1.54, 1.807) is 0 Å². The molecule has 7 nitrogen and oxygen atoms in total. The lowest BCUT2D eigenvalue weighted by Gasteiger charge is -2.40. The second-order valence-corrected chi connectivity index (χ2v) is 9.38. The number of nitrogens with zero attached hydrogens (tertiary/aromatic N) is 2. The van der Waals surface area contributed by atoms with Crippen molar-refractivity contribution >= 4 is 23.4 Å². The summed E-state index contributed by atoms with van der Waals surface area (Å²) in [6.45, 7) is 5.82. The Hall–Kier alpha value is -3.13. The number of likely N-dealkylation sites (tertiary alicyclic amines) is 1. The smallest absolute Gasteiger partial charge is 0.321 e. The van der Waals surface area contributed by atoms with Gasteiger partial charge in [0.15, 0.2) is 0 Å². The van der Waals surface area contributed by atoms with E-state index in [2.05, 4.69) is 10.2 Å². The molecule has 2 N–H and O–H groups in total. The highest BCUT2D eigenvalue weighted by molar-refractivity contribution is 5.89. The molecule has 4 rings (SSSR count). The van der Waals surface area contributed by atoms with Crippen molar-refractivity contribution in [2.45, 2.75) is 19.3 Å². The molecule has 8 heteroatoms. The Kier molecular flexibility index (Phi) is 8.00. The van der Waals surface area contributed by atoms with Crippen LogP contribution in [0.2, 0.25) is 0 Å². The molecule has 0 radical (unpaired) electrons. The van der Waals surface area contributed by atoms with Gasteiger partial charge in [0.2, 0.25) is 0 Å². The molecule has 182 valence electrons. The number of carboxylic acid groups (broad SMARTS) is 1. The molecular weight excluding hydrogens is 435 g/mol. The Bertz CT molecular complexity index is 948. The number of para-hydroxylation sites is 1. The van der Waals surface area contributed by atoms with Crippen LogP contribution in [0.3, 0.4) is 0 Å². The average molecular weight is 469 g/mol. The van der Waals surface area contributed by atoms with Gasteiger partial charge < -0.3 is 29.9 Å². The summed E-state index contributed by atoms with van der Waals surface area (Å²) in [4.78, 5) is 29.7. The molecule has 2 atom stereocenters. The highest BCUT2D eigenvalue weighted by atomic mass is 19.1. The van der Waals surface area contributed by atoms with E-state index in [4.69, 9.17) is 0 Å². The number of carbonyl (C=O) groups excluding carboxylic acids is 2. The quantitative estimate of drug-likeness (QED) is 0.641. The van der Waals surface area contributed by atoms with Crippen LogP contribution in [0.5, 0.6) is 0 Å². The normalized spacial score (nSPS) is 21.3. The zero-order valence-electron chi connectivity index (χ0n) is 19.4. The first-order valence-electron chi connectivity index (χ1n) is 12.1. The molecule has 34 heavy (non-hydrogen) atoms. The summed E-state index contributed by atoms with van der Waals surface area (Å²) in [5, 5.41) is 14.3. The van der Waals surface area contributed by atoms with Crippen molar-refractivity contribution in [1.82, 2.24) is 4.90 Å². The Morgan fingerprint density at radius 3 is 2.38 bits per heavy atom. The van der Waals surface area contributed by atoms with Gasteiger partial charge in [-0.15, -0.1) is 0 Å². The monoisotopic (exact) mass is 468 g/mol. The van der Waals surface area contributed by atoms with Crippen LogP contribution in [0.4, 0.5) is 20.6 Å². The van der Waals surface area contributed by atoms with Crippen molar-refractivity contribution in [2.75, 3.05) is 56.0 Å². The topological polar surface area (TPSA) is 80.1 Å². The number of quaternary nitrogens is 1. The van der Waals surface area contributed by atoms with Gasteiger partial charge in [0.25, 0.3) is 0 Å². The maximum absolute atomic E-state index is 13.2. The molecule has 0 bridgehead atoms. The van der Waals surface area contributed by atoms with Crippen molar-refractivity contribution in [3.8, 4) is 0 Å². The Balaban J connectivity index is 1.30. The van der Waals surface area contributed by atoms with Crippen LogP contribution in [-0.4, -0.2) is 62.7 Å². The SMILES string of the molecule is O=C([O-])C[C@@H]1CCN(C(=O)Nc2ccccc2)C[C@@H]1CC[NH+]1CCN(c2ccc(F)cc2)CC1. The average Bonchev–Trinajstić information content (AvgIpc) is 2.84. The number of carboxylic acids is 1. The first kappa shape index (κ1) is 24.0. The van der Waals surface area contributed by atoms with Crippen molar-refractivity contribution < 1.29 is 24.0 Å². The lowest BCUT2D eigenvalue weighted by Crippen LogP contribution is -3.15. The molecular formula is C26H33FN4O3. The number of piperazine rings is 1. The summed E-state index contributed by atoms with van der Waals surface area (Å²) < 4.78 is 13.2. The van der Waals surface area contributed by atoms with Crippen molar-refractivity contribution in [1.29, 1.82) is 0 Å². The fraction of sp³-hybridized carbons (Fsp3) is 0.462. The molecule has 2 aliphatic rings. The molecule has 2 aromatic rings. The predicted molar refractivity (Wildman–Crippen MR) is 127 cm³/mol. The summed E-state index contributed by atoms with van der Waals surface area (Å²) in [6.07, 6.45) is 1.60. The molecule has 0 saturated carbocycles. The summed E-state index contributed by atoms with van der Waals surface area (Å²) in [7, 11) is 0. The number of aliphatic carboxylic acids is 1. The molecule has 0 unspecified atom stereocenters. The summed E-state index contributed by atoms with van der Waals surface area (Å²) in [5.41, 5.74) is 1.80. The van der Waals surface area contributed by atoms with Gasteiger partial charge in [-0.1, -0.05) is 18.2 Å². The Morgan fingerprint density at radius 2 is 1.71 bits per heavy atom. The van der Waals surface area contributed by atoms with Gasteiger partial charge in [-0.05, 0) is 61.1 Å². The third kappa shape index (κ3) is 6.47. The largest absolute Gasteiger partial charge is 0.550 e. The lowest BCUT2D eigenvalue weighted by molar-refractivity contribution is -0.901. The molecule has 0 spiro atoms. The number of halogens is 1. The van der Waals surface area contributed by atoms with Gasteiger partial charge in [-0.2, -0.15) is 0 Å². The number of hydrogen-bond donors (Lipinski definition) is 2. The van der Waals surface area contributed by atoms with Crippen LogP contribution in [0.15, 0.2) is 54.6 Å². The summed E-state index contributed by atoms with van der Waals surface area (Å²) >= 11 is 0. The minimum Gasteiger partial charge on any atom is -0.550 e. The number of amides is 2. The van der Waals surface area contributed by atoms with Gasteiger partial charge in [0.05, 0.1) is 32.7 Å². The Labute approximate surface area is 200 Å². The summed E-state index contributed by atoms with van der Waals surface area (Å²) in [5.74, 6) is -1.07. The van der Waals surface area contributed by atoms with E-state index in [0.29, 0.717) is 19.5 Å². The van der Waals surface area contributed by atoms with Gasteiger partial charge >= 0.3 is 6.03 Å². The lowest BCUT2D eigenvalue weighted by atomic mass is 9.81. The molecule has 2 fully saturated rings. The minimum absolute atomic E-state index is 0.0330. The first-order chi connectivity index (χ1) is 16.5. The van der Waals surface area contributed by atoms with E-state index in [9.17, 15) is 19.1 Å². The Morgan fingerprint density at radius 1 is 1.00 bits per heavy atom. The third-order valence-electron chi connectivity index (χ3n) is 7.16. The molecule has 0 aromatic heterocycles. The number of carbonyl (C=O) groups is 2. The zero-order valence-corrected chi connectivity index (χ0v) is 19.4. The number of piperidine rings is 1. The van der Waals surface area contributed by atoms with E-state index >= 15 is 0 Å². The van der Waals surface area contributed by atoms with Crippen LogP contribution >= 0.6 is 0 Å². The van der Waals surface area contributed by atoms with E-state index in [-0.39, 0.29) is 30.1 Å². The number of urea groups is 1. The van der Waals surface area contributed by atoms with Gasteiger partial charge in [-0.3, -0.25) is 0 Å². The van der Waals surface area contributed by atoms with Crippen molar-refractivity contribution in [3.05, 3.63) is 60.4 Å². The number of hydrogen-bond acceptors (Lipinski definition) is 4. The maximum Gasteiger partial charge on any atom is 0.321 e. The first-order valence-corrected chi connectivity index (χ1v) is 12.1. The number of rotatable bonds is 7.